The molecule has 12 heavy (non-hydrogen) atoms. The molecule has 64 valence electrons. The van der Waals surface area contributed by atoms with Crippen molar-refractivity contribution in [2.45, 2.75) is 0 Å². The summed E-state index contributed by atoms with van der Waals surface area (Å²) in [5.74, 6) is 0.475. The molecule has 0 amide bonds. The first-order valence-electron chi connectivity index (χ1n) is 3.05. The van der Waals surface area contributed by atoms with Crippen LogP contribution in [0, 0.1) is 10.1 Å². The standard InChI is InChI=1S/C6H6N2O3S/c1-11-6-4-5(12-7-6)2-3-8(9)10/h2-4H,1H3/b3-2+. The predicted molar refractivity (Wildman–Crippen MR) is 44.7 cm³/mol. The molecule has 0 atom stereocenters. The summed E-state index contributed by atoms with van der Waals surface area (Å²) in [6.07, 6.45) is 2.24. The summed E-state index contributed by atoms with van der Waals surface area (Å²) in [6, 6.07) is 1.63. The quantitative estimate of drug-likeness (QED) is 0.528. The second-order valence-corrected chi connectivity index (χ2v) is 2.71. The molecular weight excluding hydrogens is 180 g/mol. The Morgan fingerprint density at radius 2 is 2.58 bits per heavy atom. The Morgan fingerprint density at radius 1 is 1.83 bits per heavy atom. The number of ether oxygens (including phenoxy) is 1. The van der Waals surface area contributed by atoms with Gasteiger partial charge in [-0.25, -0.2) is 0 Å². The van der Waals surface area contributed by atoms with Crippen LogP contribution in [0.3, 0.4) is 0 Å². The van der Waals surface area contributed by atoms with E-state index in [1.54, 1.807) is 6.07 Å². The van der Waals surface area contributed by atoms with Gasteiger partial charge in [-0.05, 0) is 11.5 Å². The van der Waals surface area contributed by atoms with Gasteiger partial charge >= 0.3 is 0 Å². The van der Waals surface area contributed by atoms with Gasteiger partial charge in [0.2, 0.25) is 12.1 Å². The number of aromatic nitrogens is 1. The molecule has 0 N–H and O–H groups in total. The van der Waals surface area contributed by atoms with Crippen LogP contribution in [0.5, 0.6) is 5.88 Å². The van der Waals surface area contributed by atoms with Crippen LogP contribution in [-0.4, -0.2) is 16.4 Å². The second-order valence-electron chi connectivity index (χ2n) is 1.87. The zero-order chi connectivity index (χ0) is 8.97. The molecule has 0 bridgehead atoms. The average molecular weight is 186 g/mol. The van der Waals surface area contributed by atoms with Crippen LogP contribution in [0.1, 0.15) is 4.88 Å². The third kappa shape index (κ3) is 2.31. The Labute approximate surface area is 72.6 Å². The topological polar surface area (TPSA) is 65.3 Å². The second kappa shape index (κ2) is 3.82. The Balaban J connectivity index is 2.70. The summed E-state index contributed by atoms with van der Waals surface area (Å²) in [7, 11) is 1.50. The van der Waals surface area contributed by atoms with Crippen LogP contribution in [-0.2, 0) is 0 Å². The van der Waals surface area contributed by atoms with Gasteiger partial charge in [0.1, 0.15) is 0 Å². The Bertz CT molecular complexity index is 307. The molecule has 0 aromatic carbocycles. The van der Waals surface area contributed by atoms with Gasteiger partial charge in [-0.2, -0.15) is 4.37 Å². The van der Waals surface area contributed by atoms with Gasteiger partial charge in [0.15, 0.2) is 0 Å². The van der Waals surface area contributed by atoms with E-state index >= 15 is 0 Å². The van der Waals surface area contributed by atoms with E-state index in [0.29, 0.717) is 10.8 Å². The van der Waals surface area contributed by atoms with Crippen LogP contribution in [0.4, 0.5) is 0 Å². The van der Waals surface area contributed by atoms with Crippen molar-refractivity contribution in [3.63, 3.8) is 0 Å². The van der Waals surface area contributed by atoms with Crippen LogP contribution in [0.15, 0.2) is 12.3 Å². The summed E-state index contributed by atoms with van der Waals surface area (Å²) >= 11 is 1.15. The molecule has 0 aliphatic carbocycles. The maximum Gasteiger partial charge on any atom is 0.235 e. The lowest BCUT2D eigenvalue weighted by Gasteiger charge is -1.85. The van der Waals surface area contributed by atoms with Gasteiger partial charge in [0.05, 0.1) is 16.9 Å². The van der Waals surface area contributed by atoms with E-state index in [9.17, 15) is 10.1 Å². The van der Waals surface area contributed by atoms with Gasteiger partial charge in [-0.15, -0.1) is 0 Å². The lowest BCUT2D eigenvalue weighted by Crippen LogP contribution is -1.81. The van der Waals surface area contributed by atoms with Crippen molar-refractivity contribution in [2.24, 2.45) is 0 Å². The van der Waals surface area contributed by atoms with E-state index in [4.69, 9.17) is 4.74 Å². The fraction of sp³-hybridized carbons (Fsp3) is 0.167. The number of methoxy groups -OCH3 is 1. The summed E-state index contributed by atoms with van der Waals surface area (Å²) < 4.78 is 8.66. The van der Waals surface area contributed by atoms with Gasteiger partial charge in [0, 0.05) is 12.1 Å². The highest BCUT2D eigenvalue weighted by atomic mass is 32.1. The SMILES string of the molecule is COc1cc(/C=C/[N+](=O)[O-])sn1. The molecule has 0 spiro atoms. The van der Waals surface area contributed by atoms with E-state index < -0.39 is 4.92 Å². The Morgan fingerprint density at radius 3 is 3.08 bits per heavy atom. The van der Waals surface area contributed by atoms with E-state index in [2.05, 4.69) is 4.37 Å². The molecule has 0 aliphatic rings. The van der Waals surface area contributed by atoms with E-state index in [-0.39, 0.29) is 0 Å². The van der Waals surface area contributed by atoms with E-state index in [0.717, 1.165) is 17.7 Å². The van der Waals surface area contributed by atoms with Crippen molar-refractivity contribution in [1.82, 2.24) is 4.37 Å². The third-order valence-corrected chi connectivity index (χ3v) is 1.81. The van der Waals surface area contributed by atoms with Crippen molar-refractivity contribution in [3.8, 4) is 5.88 Å². The molecule has 1 aromatic rings. The molecule has 1 heterocycles. The van der Waals surface area contributed by atoms with Crippen LogP contribution in [0.25, 0.3) is 6.08 Å². The van der Waals surface area contributed by atoms with Crippen molar-refractivity contribution < 1.29 is 9.66 Å². The van der Waals surface area contributed by atoms with Gasteiger partial charge < -0.3 is 4.74 Å². The minimum Gasteiger partial charge on any atom is -0.480 e. The monoisotopic (exact) mass is 186 g/mol. The minimum absolute atomic E-state index is 0.475. The predicted octanol–water partition coefficient (Wildman–Crippen LogP) is 1.40. The zero-order valence-corrected chi connectivity index (χ0v) is 7.08. The lowest BCUT2D eigenvalue weighted by molar-refractivity contribution is -0.400. The normalized spacial score (nSPS) is 10.4. The summed E-state index contributed by atoms with van der Waals surface area (Å²) in [5, 5.41) is 9.92. The first kappa shape index (κ1) is 8.66. The Kier molecular flexibility index (Phi) is 2.76. The molecular formula is C6H6N2O3S. The highest BCUT2D eigenvalue weighted by molar-refractivity contribution is 7.06. The molecule has 1 rings (SSSR count). The summed E-state index contributed by atoms with van der Waals surface area (Å²) in [4.78, 5) is 10.1. The van der Waals surface area contributed by atoms with E-state index in [1.165, 1.54) is 13.2 Å². The zero-order valence-electron chi connectivity index (χ0n) is 6.26. The molecule has 0 aliphatic heterocycles. The van der Waals surface area contributed by atoms with Gasteiger partial charge in [-0.3, -0.25) is 10.1 Å². The van der Waals surface area contributed by atoms with Crippen molar-refractivity contribution in [2.75, 3.05) is 7.11 Å². The highest BCUT2D eigenvalue weighted by Crippen LogP contribution is 2.16. The van der Waals surface area contributed by atoms with Gasteiger partial charge in [0.25, 0.3) is 0 Å². The molecule has 0 saturated heterocycles. The highest BCUT2D eigenvalue weighted by Gasteiger charge is 1.98. The third-order valence-electron chi connectivity index (χ3n) is 1.08. The molecule has 1 aromatic heterocycles. The van der Waals surface area contributed by atoms with Gasteiger partial charge in [-0.1, -0.05) is 0 Å². The minimum atomic E-state index is -0.522. The molecule has 0 unspecified atom stereocenters. The summed E-state index contributed by atoms with van der Waals surface area (Å²) in [5.41, 5.74) is 0. The maximum atomic E-state index is 9.92. The maximum absolute atomic E-state index is 9.92. The number of nitrogens with zero attached hydrogens (tertiary/aromatic N) is 2. The number of rotatable bonds is 3. The first-order valence-corrected chi connectivity index (χ1v) is 3.82. The summed E-state index contributed by atoms with van der Waals surface area (Å²) in [6.45, 7) is 0. The van der Waals surface area contributed by atoms with Crippen LogP contribution >= 0.6 is 11.5 Å². The lowest BCUT2D eigenvalue weighted by atomic mass is 10.5. The van der Waals surface area contributed by atoms with Crippen molar-refractivity contribution in [1.29, 1.82) is 0 Å². The van der Waals surface area contributed by atoms with Crippen molar-refractivity contribution >= 4 is 17.6 Å². The van der Waals surface area contributed by atoms with Crippen LogP contribution < -0.4 is 4.74 Å². The van der Waals surface area contributed by atoms with Crippen LogP contribution in [0.2, 0.25) is 0 Å². The largest absolute Gasteiger partial charge is 0.480 e. The molecule has 0 saturated carbocycles. The molecule has 5 nitrogen and oxygen atoms in total. The fourth-order valence-electron chi connectivity index (χ4n) is 0.581. The molecule has 0 fully saturated rings. The Hall–Kier alpha value is -1.43. The smallest absolute Gasteiger partial charge is 0.235 e. The molecule has 6 heteroatoms. The van der Waals surface area contributed by atoms with Crippen molar-refractivity contribution in [3.05, 3.63) is 27.3 Å². The number of hydrogen-bond acceptors (Lipinski definition) is 5. The average Bonchev–Trinajstić information content (AvgIpc) is 2.48. The number of hydrogen-bond donors (Lipinski definition) is 0. The number of nitro groups is 1. The fourth-order valence-corrected chi connectivity index (χ4v) is 1.18. The van der Waals surface area contributed by atoms with E-state index in [1.807, 2.05) is 0 Å². The first-order chi connectivity index (χ1) is 5.72. The molecule has 0 radical (unpaired) electrons.